The molecule has 0 spiro atoms. The van der Waals surface area contributed by atoms with E-state index in [1.165, 1.54) is 9.75 Å². The highest BCUT2D eigenvalue weighted by Crippen LogP contribution is 2.38. The molecular formula is C24H21N2OS+. The summed E-state index contributed by atoms with van der Waals surface area (Å²) in [7, 11) is 1.68. The summed E-state index contributed by atoms with van der Waals surface area (Å²) in [6, 6.07) is 28.6. The molecule has 4 N–H and O–H groups in total. The number of hydrogen-bond acceptors (Lipinski definition) is 3. The van der Waals surface area contributed by atoms with Crippen LogP contribution >= 0.6 is 11.3 Å². The maximum atomic E-state index is 5.87. The molecule has 28 heavy (non-hydrogen) atoms. The van der Waals surface area contributed by atoms with Crippen LogP contribution < -0.4 is 16.2 Å². The number of nitrogen functional groups attached to an aromatic ring is 2. The Morgan fingerprint density at radius 2 is 1.00 bits per heavy atom. The van der Waals surface area contributed by atoms with Crippen LogP contribution in [-0.4, -0.2) is 7.11 Å². The zero-order valence-corrected chi connectivity index (χ0v) is 16.4. The third-order valence-corrected chi connectivity index (χ3v) is 5.75. The van der Waals surface area contributed by atoms with E-state index in [1.54, 1.807) is 18.4 Å². The van der Waals surface area contributed by atoms with Gasteiger partial charge >= 0.3 is 0 Å². The number of hydrogen-bond donors (Lipinski definition) is 2. The third-order valence-electron chi connectivity index (χ3n) is 4.61. The Morgan fingerprint density at radius 1 is 0.571 bits per heavy atom. The molecule has 4 rings (SSSR count). The molecule has 0 bridgehead atoms. The zero-order valence-electron chi connectivity index (χ0n) is 15.6. The molecule has 0 aliphatic heterocycles. The molecule has 0 atom stereocenters. The largest absolute Gasteiger partial charge is 0.497 e. The van der Waals surface area contributed by atoms with Gasteiger partial charge in [0.2, 0.25) is 21.1 Å². The van der Waals surface area contributed by atoms with Crippen LogP contribution in [0.15, 0.2) is 84.9 Å². The van der Waals surface area contributed by atoms with Crippen molar-refractivity contribution in [2.45, 2.75) is 0 Å². The molecule has 0 saturated heterocycles. The summed E-state index contributed by atoms with van der Waals surface area (Å²) >= 11 is 1.75. The van der Waals surface area contributed by atoms with Gasteiger partial charge in [-0.15, -0.1) is 0 Å². The predicted molar refractivity (Wildman–Crippen MR) is 120 cm³/mol. The van der Waals surface area contributed by atoms with Crippen LogP contribution in [0.2, 0.25) is 0 Å². The standard InChI is InChI=1S/C24H21N2OS/c1-27-22-12-6-16(7-13-22)19-14-23(17-2-8-20(25)9-3-17)28-24(15-19)18-4-10-21(26)11-5-18/h2-15H,25-26H2,1H3/q+1. The van der Waals surface area contributed by atoms with E-state index >= 15 is 0 Å². The van der Waals surface area contributed by atoms with E-state index in [4.69, 9.17) is 16.2 Å². The van der Waals surface area contributed by atoms with Crippen molar-refractivity contribution in [3.05, 3.63) is 84.9 Å². The second-order valence-electron chi connectivity index (χ2n) is 6.55. The van der Waals surface area contributed by atoms with Crippen molar-refractivity contribution in [2.24, 2.45) is 0 Å². The fourth-order valence-corrected chi connectivity index (χ4v) is 4.15. The van der Waals surface area contributed by atoms with Gasteiger partial charge in [-0.25, -0.2) is 0 Å². The monoisotopic (exact) mass is 385 g/mol. The Hall–Kier alpha value is -3.37. The lowest BCUT2D eigenvalue weighted by atomic mass is 10.0. The van der Waals surface area contributed by atoms with Gasteiger partial charge in [-0.3, -0.25) is 0 Å². The molecule has 4 aromatic rings. The Morgan fingerprint density at radius 3 is 1.43 bits per heavy atom. The first kappa shape index (κ1) is 18.0. The molecule has 0 fully saturated rings. The van der Waals surface area contributed by atoms with Crippen molar-refractivity contribution in [3.8, 4) is 37.8 Å². The van der Waals surface area contributed by atoms with Gasteiger partial charge in [0.05, 0.1) is 7.11 Å². The Kier molecular flexibility index (Phi) is 4.96. The number of rotatable bonds is 4. The second kappa shape index (κ2) is 7.71. The maximum absolute atomic E-state index is 5.87. The predicted octanol–water partition coefficient (Wildman–Crippen LogP) is 6.20. The van der Waals surface area contributed by atoms with E-state index in [9.17, 15) is 0 Å². The van der Waals surface area contributed by atoms with Crippen molar-refractivity contribution in [2.75, 3.05) is 18.6 Å². The summed E-state index contributed by atoms with van der Waals surface area (Å²) in [5.41, 5.74) is 17.8. The minimum absolute atomic E-state index is 0.763. The molecule has 1 heterocycles. The van der Waals surface area contributed by atoms with Crippen LogP contribution in [0.4, 0.5) is 11.4 Å². The molecule has 1 aromatic heterocycles. The minimum Gasteiger partial charge on any atom is -0.497 e. The van der Waals surface area contributed by atoms with Crippen molar-refractivity contribution in [1.82, 2.24) is 0 Å². The lowest BCUT2D eigenvalue weighted by Crippen LogP contribution is -1.87. The molecule has 0 amide bonds. The Balaban J connectivity index is 1.86. The zero-order chi connectivity index (χ0) is 19.5. The average Bonchev–Trinajstić information content (AvgIpc) is 2.74. The fraction of sp³-hybridized carbons (Fsp3) is 0.0417. The molecular weight excluding hydrogens is 364 g/mol. The van der Waals surface area contributed by atoms with Crippen molar-refractivity contribution < 1.29 is 4.74 Å². The summed E-state index contributed by atoms with van der Waals surface area (Å²) in [5, 5.41) is 0. The highest BCUT2D eigenvalue weighted by Gasteiger charge is 2.19. The quantitative estimate of drug-likeness (QED) is 0.325. The molecule has 0 aliphatic rings. The first-order chi connectivity index (χ1) is 13.6. The number of benzene rings is 3. The van der Waals surface area contributed by atoms with Gasteiger partial charge in [0.25, 0.3) is 0 Å². The molecule has 3 nitrogen and oxygen atoms in total. The lowest BCUT2D eigenvalue weighted by Gasteiger charge is -2.05. The normalized spacial score (nSPS) is 10.6. The van der Waals surface area contributed by atoms with Crippen LogP contribution in [0, 0.1) is 0 Å². The number of methoxy groups -OCH3 is 1. The Bertz CT molecular complexity index is 1030. The van der Waals surface area contributed by atoms with Crippen LogP contribution in [0.25, 0.3) is 32.0 Å². The van der Waals surface area contributed by atoms with E-state index in [2.05, 4.69) is 48.5 Å². The SMILES string of the molecule is COc1ccc(-c2cc(-c3ccc(N)cc3)[s+]c(-c3ccc(N)cc3)c2)cc1. The summed E-state index contributed by atoms with van der Waals surface area (Å²) in [4.78, 5) is 2.36. The van der Waals surface area contributed by atoms with Crippen LogP contribution in [0.3, 0.4) is 0 Å². The topological polar surface area (TPSA) is 61.3 Å². The summed E-state index contributed by atoms with van der Waals surface area (Å²) in [5.74, 6) is 0.847. The minimum atomic E-state index is 0.763. The van der Waals surface area contributed by atoms with Crippen LogP contribution in [-0.2, 0) is 0 Å². The molecule has 4 heteroatoms. The number of nitrogens with two attached hydrogens (primary N) is 2. The van der Waals surface area contributed by atoms with E-state index < -0.39 is 0 Å². The van der Waals surface area contributed by atoms with Gasteiger partial charge in [0, 0.05) is 34.6 Å². The van der Waals surface area contributed by atoms with Crippen LogP contribution in [0.5, 0.6) is 5.75 Å². The third kappa shape index (κ3) is 3.82. The molecule has 0 aliphatic carbocycles. The van der Waals surface area contributed by atoms with Crippen molar-refractivity contribution in [1.29, 1.82) is 0 Å². The Labute approximate surface area is 168 Å². The van der Waals surface area contributed by atoms with Gasteiger partial charge in [0.15, 0.2) is 0 Å². The molecule has 0 unspecified atom stereocenters. The van der Waals surface area contributed by atoms with E-state index in [1.807, 2.05) is 36.4 Å². The van der Waals surface area contributed by atoms with Gasteiger partial charge in [-0.05, 0) is 71.8 Å². The lowest BCUT2D eigenvalue weighted by molar-refractivity contribution is 0.415. The number of ether oxygens (including phenoxy) is 1. The first-order valence-corrected chi connectivity index (χ1v) is 9.78. The van der Waals surface area contributed by atoms with E-state index in [0.717, 1.165) is 39.4 Å². The maximum Gasteiger partial charge on any atom is 0.239 e. The van der Waals surface area contributed by atoms with Crippen molar-refractivity contribution in [3.63, 3.8) is 0 Å². The molecule has 138 valence electrons. The molecule has 3 aromatic carbocycles. The van der Waals surface area contributed by atoms with E-state index in [-0.39, 0.29) is 0 Å². The fourth-order valence-electron chi connectivity index (χ4n) is 3.03. The summed E-state index contributed by atoms with van der Waals surface area (Å²) in [6.07, 6.45) is 0. The highest BCUT2D eigenvalue weighted by atomic mass is 32.1. The van der Waals surface area contributed by atoms with Gasteiger partial charge in [-0.2, -0.15) is 0 Å². The molecule has 0 radical (unpaired) electrons. The smallest absolute Gasteiger partial charge is 0.239 e. The van der Waals surface area contributed by atoms with Gasteiger partial charge in [-0.1, -0.05) is 12.1 Å². The first-order valence-electron chi connectivity index (χ1n) is 8.97. The van der Waals surface area contributed by atoms with E-state index in [0.29, 0.717) is 0 Å². The van der Waals surface area contributed by atoms with Crippen molar-refractivity contribution >= 4 is 22.7 Å². The second-order valence-corrected chi connectivity index (χ2v) is 7.63. The average molecular weight is 386 g/mol. The van der Waals surface area contributed by atoms with Crippen LogP contribution in [0.1, 0.15) is 0 Å². The van der Waals surface area contributed by atoms with Gasteiger partial charge < -0.3 is 16.2 Å². The van der Waals surface area contributed by atoms with Gasteiger partial charge in [0.1, 0.15) is 5.75 Å². The highest BCUT2D eigenvalue weighted by molar-refractivity contribution is 7.18. The summed E-state index contributed by atoms with van der Waals surface area (Å²) in [6.45, 7) is 0. The molecule has 0 saturated carbocycles. The number of anilines is 2. The summed E-state index contributed by atoms with van der Waals surface area (Å²) < 4.78 is 5.29.